The summed E-state index contributed by atoms with van der Waals surface area (Å²) >= 11 is 0. The fourth-order valence-electron chi connectivity index (χ4n) is 6.50. The lowest BCUT2D eigenvalue weighted by molar-refractivity contribution is -0.149. The highest BCUT2D eigenvalue weighted by molar-refractivity contribution is 5.85. The number of likely N-dealkylation sites (tertiary alicyclic amines) is 1. The van der Waals surface area contributed by atoms with Crippen LogP contribution in [0.4, 0.5) is 0 Å². The van der Waals surface area contributed by atoms with Gasteiger partial charge in [0.05, 0.1) is 11.5 Å². The Bertz CT molecular complexity index is 571. The number of aliphatic carboxylic acids is 1. The average molecular weight is 385 g/mol. The Labute approximate surface area is 162 Å². The summed E-state index contributed by atoms with van der Waals surface area (Å²) < 4.78 is 0. The van der Waals surface area contributed by atoms with Crippen molar-refractivity contribution in [2.75, 3.05) is 13.1 Å². The first-order chi connectivity index (χ1) is 11.9. The van der Waals surface area contributed by atoms with Crippen molar-refractivity contribution in [1.82, 2.24) is 10.2 Å². The number of fused-ring (bicyclic) bond motifs is 3. The van der Waals surface area contributed by atoms with Crippen molar-refractivity contribution in [1.29, 1.82) is 0 Å². The van der Waals surface area contributed by atoms with Crippen molar-refractivity contribution in [3.63, 3.8) is 0 Å². The minimum Gasteiger partial charge on any atom is -0.481 e. The second-order valence-electron chi connectivity index (χ2n) is 9.29. The van der Waals surface area contributed by atoms with Gasteiger partial charge in [0.25, 0.3) is 0 Å². The van der Waals surface area contributed by atoms with Crippen LogP contribution < -0.4 is 5.32 Å². The van der Waals surface area contributed by atoms with Crippen LogP contribution in [-0.2, 0) is 9.59 Å². The molecule has 5 nitrogen and oxygen atoms in total. The van der Waals surface area contributed by atoms with Gasteiger partial charge in [-0.25, -0.2) is 0 Å². The van der Waals surface area contributed by atoms with E-state index < -0.39 is 11.4 Å². The fraction of sp³-hybridized carbons (Fsp3) is 0.900. The zero-order valence-corrected chi connectivity index (χ0v) is 16.8. The Morgan fingerprint density at radius 1 is 1.19 bits per heavy atom. The molecule has 0 radical (unpaired) electrons. The molecule has 2 N–H and O–H groups in total. The number of nitrogens with one attached hydrogen (secondary N) is 1. The van der Waals surface area contributed by atoms with Crippen molar-refractivity contribution in [3.05, 3.63) is 0 Å². The van der Waals surface area contributed by atoms with E-state index in [2.05, 4.69) is 17.1 Å². The average Bonchev–Trinajstić information content (AvgIpc) is 3.32. The molecular formula is C20H33ClN2O3. The van der Waals surface area contributed by atoms with Crippen LogP contribution in [0.2, 0.25) is 0 Å². The minimum absolute atomic E-state index is 0. The summed E-state index contributed by atoms with van der Waals surface area (Å²) in [6, 6.07) is 0.00338. The van der Waals surface area contributed by atoms with Crippen molar-refractivity contribution < 1.29 is 14.7 Å². The fourth-order valence-corrected chi connectivity index (χ4v) is 6.50. The van der Waals surface area contributed by atoms with E-state index in [-0.39, 0.29) is 36.3 Å². The molecule has 0 spiro atoms. The van der Waals surface area contributed by atoms with Gasteiger partial charge in [-0.15, -0.1) is 12.4 Å². The van der Waals surface area contributed by atoms with Gasteiger partial charge in [-0.1, -0.05) is 12.8 Å². The standard InChI is InChI=1S/C20H32N2O3.ClH/c1-12(17-9-14-5-6-15(17)8-14)21-18(23)13(2)22-10-16-4-3-7-20(16,11-22)19(24)25;/h12-17H,3-11H2,1-2H3,(H,21,23)(H,24,25);1H/t12?,13?,14?,15?,16-,17?,20+;/m0./s1. The summed E-state index contributed by atoms with van der Waals surface area (Å²) in [5, 5.41) is 13.0. The van der Waals surface area contributed by atoms with Crippen LogP contribution >= 0.6 is 12.4 Å². The molecule has 1 amide bonds. The van der Waals surface area contributed by atoms with E-state index in [0.717, 1.165) is 37.6 Å². The molecule has 4 rings (SSSR count). The van der Waals surface area contributed by atoms with Gasteiger partial charge in [0.1, 0.15) is 0 Å². The van der Waals surface area contributed by atoms with E-state index in [9.17, 15) is 14.7 Å². The highest BCUT2D eigenvalue weighted by Gasteiger charge is 2.56. The number of halogens is 1. The molecule has 26 heavy (non-hydrogen) atoms. The van der Waals surface area contributed by atoms with Crippen molar-refractivity contribution >= 4 is 24.3 Å². The van der Waals surface area contributed by atoms with Gasteiger partial charge in [-0.2, -0.15) is 0 Å². The first-order valence-electron chi connectivity index (χ1n) is 10.2. The van der Waals surface area contributed by atoms with E-state index in [1.165, 1.54) is 25.7 Å². The molecule has 1 saturated heterocycles. The number of carboxylic acid groups (broad SMARTS) is 1. The number of hydrogen-bond acceptors (Lipinski definition) is 3. The third-order valence-corrected chi connectivity index (χ3v) is 8.06. The van der Waals surface area contributed by atoms with Gasteiger partial charge >= 0.3 is 5.97 Å². The molecular weight excluding hydrogens is 352 g/mol. The molecule has 148 valence electrons. The highest BCUT2D eigenvalue weighted by Crippen LogP contribution is 2.50. The van der Waals surface area contributed by atoms with Gasteiger partial charge in [-0.3, -0.25) is 14.5 Å². The van der Waals surface area contributed by atoms with Crippen LogP contribution in [0.3, 0.4) is 0 Å². The van der Waals surface area contributed by atoms with E-state index in [4.69, 9.17) is 0 Å². The molecule has 4 aliphatic rings. The number of rotatable bonds is 5. The summed E-state index contributed by atoms with van der Waals surface area (Å²) in [5.41, 5.74) is -0.606. The number of carbonyl (C=O) groups excluding carboxylic acids is 1. The molecule has 0 aromatic rings. The van der Waals surface area contributed by atoms with Crippen LogP contribution in [0.15, 0.2) is 0 Å². The third-order valence-electron chi connectivity index (χ3n) is 8.06. The molecule has 3 saturated carbocycles. The Morgan fingerprint density at radius 2 is 1.96 bits per heavy atom. The SMILES string of the molecule is CC(NC(=O)C(C)N1C[C@@H]2CCC[C@@]2(C(=O)O)C1)C1CC2CCC1C2.Cl. The summed E-state index contributed by atoms with van der Waals surface area (Å²) in [6.07, 6.45) is 8.10. The Hall–Kier alpha value is -0.810. The molecule has 3 aliphatic carbocycles. The van der Waals surface area contributed by atoms with Gasteiger partial charge in [0.15, 0.2) is 0 Å². The minimum atomic E-state index is -0.666. The van der Waals surface area contributed by atoms with Crippen molar-refractivity contribution in [2.45, 2.75) is 70.9 Å². The lowest BCUT2D eigenvalue weighted by atomic mass is 9.81. The molecule has 0 aromatic carbocycles. The summed E-state index contributed by atoms with van der Waals surface area (Å²) in [7, 11) is 0. The number of carbonyl (C=O) groups is 2. The zero-order valence-electron chi connectivity index (χ0n) is 15.9. The zero-order chi connectivity index (χ0) is 17.8. The molecule has 5 unspecified atom stereocenters. The predicted molar refractivity (Wildman–Crippen MR) is 102 cm³/mol. The first kappa shape index (κ1) is 19.9. The molecule has 0 aromatic heterocycles. The molecule has 2 bridgehead atoms. The summed E-state index contributed by atoms with van der Waals surface area (Å²) in [4.78, 5) is 26.7. The van der Waals surface area contributed by atoms with Gasteiger partial charge in [0.2, 0.25) is 5.91 Å². The molecule has 1 heterocycles. The lowest BCUT2D eigenvalue weighted by Gasteiger charge is -2.31. The number of hydrogen-bond donors (Lipinski definition) is 2. The Kier molecular flexibility index (Phi) is 5.60. The second kappa shape index (κ2) is 7.31. The summed E-state index contributed by atoms with van der Waals surface area (Å²) in [6.45, 7) is 5.39. The monoisotopic (exact) mass is 384 g/mol. The van der Waals surface area contributed by atoms with Crippen LogP contribution in [-0.4, -0.2) is 47.1 Å². The molecule has 1 aliphatic heterocycles. The molecule has 7 atom stereocenters. The lowest BCUT2D eigenvalue weighted by Crippen LogP contribution is -2.50. The number of nitrogens with zero attached hydrogens (tertiary/aromatic N) is 1. The maximum absolute atomic E-state index is 12.8. The van der Waals surface area contributed by atoms with Crippen molar-refractivity contribution in [3.8, 4) is 0 Å². The molecule has 4 fully saturated rings. The third kappa shape index (κ3) is 3.15. The van der Waals surface area contributed by atoms with Gasteiger partial charge in [-0.05, 0) is 69.6 Å². The van der Waals surface area contributed by atoms with Crippen LogP contribution in [0.25, 0.3) is 0 Å². The quantitative estimate of drug-likeness (QED) is 0.764. The normalized spacial score (nSPS) is 40.7. The molecule has 6 heteroatoms. The van der Waals surface area contributed by atoms with Gasteiger partial charge < -0.3 is 10.4 Å². The smallest absolute Gasteiger partial charge is 0.311 e. The van der Waals surface area contributed by atoms with Crippen LogP contribution in [0.5, 0.6) is 0 Å². The van der Waals surface area contributed by atoms with Crippen molar-refractivity contribution in [2.24, 2.45) is 29.1 Å². The number of amides is 1. The summed E-state index contributed by atoms with van der Waals surface area (Å²) in [5.74, 6) is 1.95. The Morgan fingerprint density at radius 3 is 2.54 bits per heavy atom. The Balaban J connectivity index is 0.00000196. The topological polar surface area (TPSA) is 69.6 Å². The van der Waals surface area contributed by atoms with E-state index in [1.807, 2.05) is 6.92 Å². The van der Waals surface area contributed by atoms with Crippen LogP contribution in [0.1, 0.15) is 58.8 Å². The second-order valence-corrected chi connectivity index (χ2v) is 9.29. The van der Waals surface area contributed by atoms with Gasteiger partial charge in [0, 0.05) is 19.1 Å². The van der Waals surface area contributed by atoms with E-state index in [1.54, 1.807) is 0 Å². The van der Waals surface area contributed by atoms with Crippen LogP contribution in [0, 0.1) is 29.1 Å². The first-order valence-corrected chi connectivity index (χ1v) is 10.2. The maximum atomic E-state index is 12.8. The predicted octanol–water partition coefficient (Wildman–Crippen LogP) is 2.92. The maximum Gasteiger partial charge on any atom is 0.311 e. The van der Waals surface area contributed by atoms with E-state index in [0.29, 0.717) is 12.5 Å². The highest BCUT2D eigenvalue weighted by atomic mass is 35.5. The van der Waals surface area contributed by atoms with E-state index >= 15 is 0 Å². The number of carboxylic acids is 1. The largest absolute Gasteiger partial charge is 0.481 e.